The van der Waals surface area contributed by atoms with Crippen molar-refractivity contribution in [2.45, 2.75) is 5.75 Å². The highest BCUT2D eigenvalue weighted by Gasteiger charge is 2.10. The lowest BCUT2D eigenvalue weighted by molar-refractivity contribution is 0.0697. The third-order valence-electron chi connectivity index (χ3n) is 1.76. The van der Waals surface area contributed by atoms with Crippen LogP contribution in [0.4, 0.5) is 0 Å². The first-order valence-electron chi connectivity index (χ1n) is 4.15. The number of aromatic carboxylic acids is 1. The molecule has 0 atom stereocenters. The van der Waals surface area contributed by atoms with E-state index >= 15 is 0 Å². The third-order valence-corrected chi connectivity index (χ3v) is 2.87. The van der Waals surface area contributed by atoms with Gasteiger partial charge in [0.05, 0.1) is 11.3 Å². The summed E-state index contributed by atoms with van der Waals surface area (Å²) in [6, 6.07) is 5.39. The van der Waals surface area contributed by atoms with Crippen molar-refractivity contribution in [2.75, 3.05) is 0 Å². The minimum absolute atomic E-state index is 0.0781. The lowest BCUT2D eigenvalue weighted by atomic mass is 10.1. The molecule has 2 N–H and O–H groups in total. The van der Waals surface area contributed by atoms with E-state index in [-0.39, 0.29) is 11.3 Å². The Morgan fingerprint density at radius 1 is 1.38 bits per heavy atom. The Labute approximate surface area is 92.2 Å². The minimum atomic E-state index is -3.68. The van der Waals surface area contributed by atoms with Gasteiger partial charge < -0.3 is 5.11 Å². The first-order chi connectivity index (χ1) is 7.44. The third kappa shape index (κ3) is 3.25. The van der Waals surface area contributed by atoms with E-state index in [4.69, 9.17) is 10.4 Å². The second-order valence-electron chi connectivity index (χ2n) is 2.98. The summed E-state index contributed by atoms with van der Waals surface area (Å²) < 4.78 is 24.0. The van der Waals surface area contributed by atoms with E-state index in [1.165, 1.54) is 30.5 Å². The highest BCUT2D eigenvalue weighted by atomic mass is 32.2. The second kappa shape index (κ2) is 4.63. The Morgan fingerprint density at radius 3 is 2.38 bits per heavy atom. The van der Waals surface area contributed by atoms with Gasteiger partial charge in [0, 0.05) is 0 Å². The maximum absolute atomic E-state index is 11.2. The van der Waals surface area contributed by atoms with Gasteiger partial charge in [0.1, 0.15) is 0 Å². The van der Waals surface area contributed by atoms with Crippen LogP contribution in [0.1, 0.15) is 15.9 Å². The monoisotopic (exact) mass is 240 g/mol. The Kier molecular flexibility index (Phi) is 3.48. The summed E-state index contributed by atoms with van der Waals surface area (Å²) in [6.45, 7) is 0. The van der Waals surface area contributed by atoms with Gasteiger partial charge in [-0.25, -0.2) is 17.9 Å². The average Bonchev–Trinajstić information content (AvgIpc) is 2.17. The fourth-order valence-electron chi connectivity index (χ4n) is 1.07. The number of rotatable bonds is 4. The normalized spacial score (nSPS) is 10.4. The number of carboxylic acid groups (broad SMARTS) is 1. The first-order valence-corrected chi connectivity index (χ1v) is 5.80. The van der Waals surface area contributed by atoms with Crippen LogP contribution >= 0.6 is 0 Å². The van der Waals surface area contributed by atoms with E-state index in [1.54, 1.807) is 4.72 Å². The number of nitriles is 1. The molecule has 0 unspecified atom stereocenters. The molecular weight excluding hydrogens is 232 g/mol. The first kappa shape index (κ1) is 12.0. The van der Waals surface area contributed by atoms with Crippen molar-refractivity contribution >= 4 is 16.0 Å². The topological polar surface area (TPSA) is 107 Å². The van der Waals surface area contributed by atoms with E-state index < -0.39 is 16.0 Å². The molecule has 1 aromatic carbocycles. The van der Waals surface area contributed by atoms with Crippen LogP contribution in [0.15, 0.2) is 24.3 Å². The van der Waals surface area contributed by atoms with Gasteiger partial charge in [0.15, 0.2) is 6.19 Å². The highest BCUT2D eigenvalue weighted by molar-refractivity contribution is 7.88. The zero-order valence-electron chi connectivity index (χ0n) is 8.04. The molecule has 0 amide bonds. The predicted octanol–water partition coefficient (Wildman–Crippen LogP) is 0.285. The van der Waals surface area contributed by atoms with Gasteiger partial charge in [-0.05, 0) is 17.7 Å². The molecule has 0 saturated carbocycles. The van der Waals surface area contributed by atoms with Gasteiger partial charge in [-0.3, -0.25) is 0 Å². The van der Waals surface area contributed by atoms with Gasteiger partial charge in [-0.1, -0.05) is 12.1 Å². The van der Waals surface area contributed by atoms with Crippen LogP contribution in [-0.4, -0.2) is 19.5 Å². The van der Waals surface area contributed by atoms with Crippen molar-refractivity contribution in [3.8, 4) is 6.19 Å². The fraction of sp³-hybridized carbons (Fsp3) is 0.111. The van der Waals surface area contributed by atoms with Crippen LogP contribution in [0.2, 0.25) is 0 Å². The smallest absolute Gasteiger partial charge is 0.335 e. The number of carboxylic acids is 1. The quantitative estimate of drug-likeness (QED) is 0.580. The Bertz CT molecular complexity index is 528. The molecule has 0 aromatic heterocycles. The van der Waals surface area contributed by atoms with Gasteiger partial charge >= 0.3 is 5.97 Å². The molecule has 6 nitrogen and oxygen atoms in total. The van der Waals surface area contributed by atoms with Gasteiger partial charge in [0.2, 0.25) is 10.0 Å². The van der Waals surface area contributed by atoms with E-state index in [1.807, 2.05) is 0 Å². The SMILES string of the molecule is N#CNS(=O)(=O)Cc1ccc(C(=O)O)cc1. The minimum Gasteiger partial charge on any atom is -0.478 e. The molecule has 7 heteroatoms. The number of benzene rings is 1. The summed E-state index contributed by atoms with van der Waals surface area (Å²) in [5, 5.41) is 16.8. The molecule has 0 aliphatic carbocycles. The molecule has 1 rings (SSSR count). The predicted molar refractivity (Wildman–Crippen MR) is 54.8 cm³/mol. The number of hydrogen-bond donors (Lipinski definition) is 2. The lowest BCUT2D eigenvalue weighted by Crippen LogP contribution is -2.19. The lowest BCUT2D eigenvalue weighted by Gasteiger charge is -2.02. The van der Waals surface area contributed by atoms with Crippen molar-refractivity contribution < 1.29 is 18.3 Å². The molecular formula is C9H8N2O4S. The van der Waals surface area contributed by atoms with Crippen LogP contribution in [0.3, 0.4) is 0 Å². The van der Waals surface area contributed by atoms with Crippen LogP contribution in [0.25, 0.3) is 0 Å². The van der Waals surface area contributed by atoms with E-state index in [2.05, 4.69) is 0 Å². The molecule has 84 valence electrons. The van der Waals surface area contributed by atoms with Crippen LogP contribution in [0.5, 0.6) is 0 Å². The van der Waals surface area contributed by atoms with E-state index in [0.29, 0.717) is 5.56 Å². The van der Waals surface area contributed by atoms with Gasteiger partial charge in [-0.2, -0.15) is 5.26 Å². The standard InChI is InChI=1S/C9H8N2O4S/c10-6-11-16(14,15)5-7-1-3-8(4-2-7)9(12)13/h1-4,11H,5H2,(H,12,13). The number of sulfonamides is 1. The molecule has 1 aromatic rings. The summed E-state index contributed by atoms with van der Waals surface area (Å²) in [5.41, 5.74) is 0.488. The second-order valence-corrected chi connectivity index (χ2v) is 4.70. The maximum Gasteiger partial charge on any atom is 0.335 e. The van der Waals surface area contributed by atoms with Gasteiger partial charge in [-0.15, -0.1) is 0 Å². The number of nitrogens with one attached hydrogen (secondary N) is 1. The number of hydrogen-bond acceptors (Lipinski definition) is 4. The van der Waals surface area contributed by atoms with E-state index in [0.717, 1.165) is 0 Å². The van der Waals surface area contributed by atoms with Crippen molar-refractivity contribution in [1.82, 2.24) is 4.72 Å². The molecule has 16 heavy (non-hydrogen) atoms. The van der Waals surface area contributed by atoms with Crippen molar-refractivity contribution in [3.05, 3.63) is 35.4 Å². The summed E-state index contributed by atoms with van der Waals surface area (Å²) in [7, 11) is -3.68. The van der Waals surface area contributed by atoms with Crippen LogP contribution in [0, 0.1) is 11.5 Å². The Balaban J connectivity index is 2.85. The Hall–Kier alpha value is -2.07. The fourth-order valence-corrected chi connectivity index (χ4v) is 1.91. The van der Waals surface area contributed by atoms with Crippen molar-refractivity contribution in [2.24, 2.45) is 0 Å². The zero-order chi connectivity index (χ0) is 12.2. The molecule has 0 heterocycles. The molecule has 0 saturated heterocycles. The number of carbonyl (C=O) groups is 1. The molecule has 0 radical (unpaired) electrons. The Morgan fingerprint density at radius 2 is 1.94 bits per heavy atom. The average molecular weight is 240 g/mol. The summed E-state index contributed by atoms with van der Waals surface area (Å²) in [4.78, 5) is 10.5. The van der Waals surface area contributed by atoms with E-state index in [9.17, 15) is 13.2 Å². The molecule has 0 aliphatic heterocycles. The summed E-state index contributed by atoms with van der Waals surface area (Å²) >= 11 is 0. The van der Waals surface area contributed by atoms with Crippen molar-refractivity contribution in [3.63, 3.8) is 0 Å². The summed E-state index contributed by atoms with van der Waals surface area (Å²) in [6.07, 6.45) is 1.33. The van der Waals surface area contributed by atoms with Crippen LogP contribution < -0.4 is 4.72 Å². The van der Waals surface area contributed by atoms with Gasteiger partial charge in [0.25, 0.3) is 0 Å². The molecule has 0 spiro atoms. The highest BCUT2D eigenvalue weighted by Crippen LogP contribution is 2.07. The van der Waals surface area contributed by atoms with Crippen molar-refractivity contribution in [1.29, 1.82) is 5.26 Å². The summed E-state index contributed by atoms with van der Waals surface area (Å²) in [5.74, 6) is -1.44. The zero-order valence-corrected chi connectivity index (χ0v) is 8.86. The van der Waals surface area contributed by atoms with Crippen LogP contribution in [-0.2, 0) is 15.8 Å². The number of nitrogens with zero attached hydrogens (tertiary/aromatic N) is 1. The molecule has 0 aliphatic rings. The largest absolute Gasteiger partial charge is 0.478 e. The molecule has 0 fully saturated rings. The maximum atomic E-state index is 11.2. The molecule has 0 bridgehead atoms.